The van der Waals surface area contributed by atoms with Crippen LogP contribution in [0.3, 0.4) is 0 Å². The van der Waals surface area contributed by atoms with Crippen LogP contribution in [0.1, 0.15) is 65.2 Å². The van der Waals surface area contributed by atoms with E-state index < -0.39 is 23.5 Å². The molecule has 180 valence electrons. The Morgan fingerprint density at radius 2 is 1.16 bits per heavy atom. The Morgan fingerprint density at radius 3 is 1.47 bits per heavy atom. The highest BCUT2D eigenvalue weighted by Gasteiger charge is 2.62. The van der Waals surface area contributed by atoms with Crippen LogP contribution in [0.4, 0.5) is 9.59 Å². The van der Waals surface area contributed by atoms with E-state index in [0.717, 1.165) is 44.9 Å². The van der Waals surface area contributed by atoms with Crippen molar-refractivity contribution < 1.29 is 38.0 Å². The standard InChI is InChI=1S/C24H36O8/c1-3-21(11-27-12-21)15-29-19(25)31-23-6-17-5-18(7-23)9-24(8-17,10-23)32-20(26)30-16-22(4-2)13-28-14-22/h17-18H,3-16H2,1-2H3. The number of carbonyl (C=O) groups is 2. The summed E-state index contributed by atoms with van der Waals surface area (Å²) in [5, 5.41) is 0. The van der Waals surface area contributed by atoms with Gasteiger partial charge < -0.3 is 28.4 Å². The Bertz CT molecular complexity index is 657. The Labute approximate surface area is 189 Å². The van der Waals surface area contributed by atoms with Gasteiger partial charge in [-0.1, -0.05) is 13.8 Å². The van der Waals surface area contributed by atoms with Crippen molar-refractivity contribution in [1.82, 2.24) is 0 Å². The third-order valence-corrected chi connectivity index (χ3v) is 8.68. The van der Waals surface area contributed by atoms with Crippen LogP contribution in [0.15, 0.2) is 0 Å². The molecule has 0 aromatic carbocycles. The van der Waals surface area contributed by atoms with Gasteiger partial charge in [0.15, 0.2) is 0 Å². The fourth-order valence-corrected chi connectivity index (χ4v) is 6.73. The number of hydrogen-bond acceptors (Lipinski definition) is 8. The highest BCUT2D eigenvalue weighted by Crippen LogP contribution is 2.60. The van der Waals surface area contributed by atoms with E-state index in [1.165, 1.54) is 0 Å². The highest BCUT2D eigenvalue weighted by molar-refractivity contribution is 5.62. The zero-order chi connectivity index (χ0) is 22.5. The molecule has 32 heavy (non-hydrogen) atoms. The zero-order valence-corrected chi connectivity index (χ0v) is 19.3. The van der Waals surface area contributed by atoms with E-state index in [2.05, 4.69) is 13.8 Å². The SMILES string of the molecule is CCC1(COC(=O)OC23CC4CC(C2)CC(OC(=O)OCC2(CC)COC2)(C4)C3)COC1. The van der Waals surface area contributed by atoms with Gasteiger partial charge in [0, 0.05) is 6.42 Å². The molecule has 8 nitrogen and oxygen atoms in total. The molecule has 2 saturated heterocycles. The lowest BCUT2D eigenvalue weighted by molar-refractivity contribution is -0.217. The van der Waals surface area contributed by atoms with Crippen LogP contribution in [0, 0.1) is 22.7 Å². The second kappa shape index (κ2) is 8.05. The predicted molar refractivity (Wildman–Crippen MR) is 112 cm³/mol. The van der Waals surface area contributed by atoms with Crippen LogP contribution >= 0.6 is 0 Å². The van der Waals surface area contributed by atoms with Crippen molar-refractivity contribution in [2.45, 2.75) is 76.4 Å². The Morgan fingerprint density at radius 1 is 0.750 bits per heavy atom. The van der Waals surface area contributed by atoms with Gasteiger partial charge in [0.25, 0.3) is 0 Å². The first-order valence-electron chi connectivity index (χ1n) is 12.2. The molecule has 0 aromatic rings. The molecule has 0 spiro atoms. The van der Waals surface area contributed by atoms with Gasteiger partial charge in [-0.15, -0.1) is 0 Å². The average molecular weight is 453 g/mol. The van der Waals surface area contributed by atoms with Crippen LogP contribution in [0.25, 0.3) is 0 Å². The molecule has 4 saturated carbocycles. The minimum atomic E-state index is -0.612. The van der Waals surface area contributed by atoms with Gasteiger partial charge in [0.2, 0.25) is 0 Å². The summed E-state index contributed by atoms with van der Waals surface area (Å²) in [5.74, 6) is 0.779. The van der Waals surface area contributed by atoms with E-state index in [1.54, 1.807) is 0 Å². The van der Waals surface area contributed by atoms with Gasteiger partial charge in [-0.3, -0.25) is 0 Å². The van der Waals surface area contributed by atoms with Crippen molar-refractivity contribution in [3.8, 4) is 0 Å². The summed E-state index contributed by atoms with van der Waals surface area (Å²) in [5.41, 5.74) is -1.36. The topological polar surface area (TPSA) is 89.5 Å². The molecule has 4 bridgehead atoms. The Balaban J connectivity index is 1.19. The van der Waals surface area contributed by atoms with Gasteiger partial charge >= 0.3 is 12.3 Å². The molecule has 4 aliphatic carbocycles. The third-order valence-electron chi connectivity index (χ3n) is 8.68. The molecular formula is C24H36O8. The lowest BCUT2D eigenvalue weighted by Crippen LogP contribution is -2.62. The van der Waals surface area contributed by atoms with Crippen LogP contribution in [-0.4, -0.2) is 63.2 Å². The van der Waals surface area contributed by atoms with E-state index in [4.69, 9.17) is 28.4 Å². The van der Waals surface area contributed by atoms with Crippen molar-refractivity contribution in [2.24, 2.45) is 22.7 Å². The molecule has 6 rings (SSSR count). The normalized spacial score (nSPS) is 37.7. The summed E-state index contributed by atoms with van der Waals surface area (Å²) in [6.45, 7) is 7.29. The third kappa shape index (κ3) is 4.09. The van der Waals surface area contributed by atoms with Crippen LogP contribution < -0.4 is 0 Å². The highest BCUT2D eigenvalue weighted by atomic mass is 16.7. The quantitative estimate of drug-likeness (QED) is 0.505. The molecule has 6 fully saturated rings. The van der Waals surface area contributed by atoms with Gasteiger partial charge in [0.05, 0.1) is 37.3 Å². The fraction of sp³-hybridized carbons (Fsp3) is 0.917. The monoisotopic (exact) mass is 452 g/mol. The predicted octanol–water partition coefficient (Wildman–Crippen LogP) is 4.24. The Hall–Kier alpha value is -1.54. The Kier molecular flexibility index (Phi) is 5.60. The summed E-state index contributed by atoms with van der Waals surface area (Å²) in [4.78, 5) is 25.2. The maximum atomic E-state index is 12.6. The number of carbonyl (C=O) groups excluding carboxylic acids is 2. The van der Waals surface area contributed by atoms with Crippen molar-refractivity contribution in [3.63, 3.8) is 0 Å². The summed E-state index contributed by atoms with van der Waals surface area (Å²) in [7, 11) is 0. The molecule has 2 aliphatic heterocycles. The van der Waals surface area contributed by atoms with E-state index in [0.29, 0.717) is 57.9 Å². The van der Waals surface area contributed by atoms with E-state index in [1.807, 2.05) is 0 Å². The zero-order valence-electron chi connectivity index (χ0n) is 19.3. The van der Waals surface area contributed by atoms with Gasteiger partial charge in [0.1, 0.15) is 24.4 Å². The van der Waals surface area contributed by atoms with E-state index in [-0.39, 0.29) is 10.8 Å². The van der Waals surface area contributed by atoms with Crippen LogP contribution in [0.5, 0.6) is 0 Å². The van der Waals surface area contributed by atoms with Gasteiger partial charge in [-0.25, -0.2) is 9.59 Å². The molecule has 0 aromatic heterocycles. The second-order valence-corrected chi connectivity index (χ2v) is 11.3. The maximum absolute atomic E-state index is 12.6. The van der Waals surface area contributed by atoms with E-state index in [9.17, 15) is 9.59 Å². The first-order valence-corrected chi connectivity index (χ1v) is 12.2. The first-order chi connectivity index (χ1) is 15.3. The summed E-state index contributed by atoms with van der Waals surface area (Å²) < 4.78 is 33.6. The molecule has 8 heteroatoms. The molecule has 0 amide bonds. The summed E-state index contributed by atoms with van der Waals surface area (Å²) in [6, 6.07) is 0. The minimum absolute atomic E-state index is 0.0735. The fourth-order valence-electron chi connectivity index (χ4n) is 6.73. The first kappa shape index (κ1) is 22.3. The van der Waals surface area contributed by atoms with Gasteiger partial charge in [-0.05, 0) is 56.8 Å². The minimum Gasteiger partial charge on any atom is -0.433 e. The molecule has 0 N–H and O–H groups in total. The summed E-state index contributed by atoms with van der Waals surface area (Å²) >= 11 is 0. The molecule has 0 radical (unpaired) electrons. The van der Waals surface area contributed by atoms with Gasteiger partial charge in [-0.2, -0.15) is 0 Å². The molecular weight excluding hydrogens is 416 g/mol. The molecule has 0 atom stereocenters. The number of ether oxygens (including phenoxy) is 6. The average Bonchev–Trinajstić information content (AvgIpc) is 2.65. The number of hydrogen-bond donors (Lipinski definition) is 0. The van der Waals surface area contributed by atoms with Crippen LogP contribution in [-0.2, 0) is 28.4 Å². The molecule has 0 unspecified atom stereocenters. The van der Waals surface area contributed by atoms with Crippen molar-refractivity contribution in [3.05, 3.63) is 0 Å². The lowest BCUT2D eigenvalue weighted by Gasteiger charge is -2.59. The van der Waals surface area contributed by atoms with E-state index >= 15 is 0 Å². The molecule has 2 heterocycles. The van der Waals surface area contributed by atoms with Crippen molar-refractivity contribution in [2.75, 3.05) is 39.6 Å². The lowest BCUT2D eigenvalue weighted by atomic mass is 9.52. The molecule has 6 aliphatic rings. The largest absolute Gasteiger partial charge is 0.508 e. The maximum Gasteiger partial charge on any atom is 0.508 e. The van der Waals surface area contributed by atoms with Crippen LogP contribution in [0.2, 0.25) is 0 Å². The smallest absolute Gasteiger partial charge is 0.433 e. The number of rotatable bonds is 8. The second-order valence-electron chi connectivity index (χ2n) is 11.3. The summed E-state index contributed by atoms with van der Waals surface area (Å²) in [6.07, 6.45) is 5.48. The van der Waals surface area contributed by atoms with Crippen molar-refractivity contribution in [1.29, 1.82) is 0 Å². The van der Waals surface area contributed by atoms with Crippen molar-refractivity contribution >= 4 is 12.3 Å².